The zero-order valence-electron chi connectivity index (χ0n) is 12.0. The quantitative estimate of drug-likeness (QED) is 0.622. The SMILES string of the molecule is CCCCCN(CCCC)CC1CCNCC1. The van der Waals surface area contributed by atoms with Crippen LogP contribution in [-0.4, -0.2) is 37.6 Å². The van der Waals surface area contributed by atoms with Crippen molar-refractivity contribution in [2.24, 2.45) is 5.92 Å². The molecule has 17 heavy (non-hydrogen) atoms. The van der Waals surface area contributed by atoms with E-state index in [9.17, 15) is 0 Å². The Labute approximate surface area is 108 Å². The third-order valence-electron chi connectivity index (χ3n) is 3.88. The van der Waals surface area contributed by atoms with Crippen molar-refractivity contribution in [1.82, 2.24) is 10.2 Å². The highest BCUT2D eigenvalue weighted by atomic mass is 15.1. The van der Waals surface area contributed by atoms with Crippen LogP contribution in [0.25, 0.3) is 0 Å². The number of unbranched alkanes of at least 4 members (excludes halogenated alkanes) is 3. The summed E-state index contributed by atoms with van der Waals surface area (Å²) in [6, 6.07) is 0. The molecule has 1 heterocycles. The molecule has 1 aliphatic rings. The fraction of sp³-hybridized carbons (Fsp3) is 1.00. The molecule has 2 nitrogen and oxygen atoms in total. The molecule has 102 valence electrons. The average Bonchev–Trinajstić information content (AvgIpc) is 2.37. The van der Waals surface area contributed by atoms with E-state index in [1.54, 1.807) is 0 Å². The Bertz CT molecular complexity index is 164. The minimum atomic E-state index is 0.953. The van der Waals surface area contributed by atoms with Gasteiger partial charge in [-0.2, -0.15) is 0 Å². The van der Waals surface area contributed by atoms with Gasteiger partial charge < -0.3 is 10.2 Å². The number of nitrogens with one attached hydrogen (secondary N) is 1. The number of hydrogen-bond donors (Lipinski definition) is 1. The van der Waals surface area contributed by atoms with E-state index in [0.717, 1.165) is 5.92 Å². The van der Waals surface area contributed by atoms with Crippen LogP contribution >= 0.6 is 0 Å². The number of rotatable bonds is 9. The van der Waals surface area contributed by atoms with Gasteiger partial charge in [-0.05, 0) is 57.8 Å². The third kappa shape index (κ3) is 7.05. The Morgan fingerprint density at radius 3 is 2.24 bits per heavy atom. The fourth-order valence-corrected chi connectivity index (χ4v) is 2.69. The van der Waals surface area contributed by atoms with E-state index in [4.69, 9.17) is 0 Å². The topological polar surface area (TPSA) is 15.3 Å². The maximum Gasteiger partial charge on any atom is 0.00106 e. The van der Waals surface area contributed by atoms with Crippen LogP contribution in [0.15, 0.2) is 0 Å². The summed E-state index contributed by atoms with van der Waals surface area (Å²) in [6.45, 7) is 11.1. The summed E-state index contributed by atoms with van der Waals surface area (Å²) in [5, 5.41) is 3.46. The molecule has 0 aromatic heterocycles. The summed E-state index contributed by atoms with van der Waals surface area (Å²) in [5.74, 6) is 0.953. The van der Waals surface area contributed by atoms with Crippen molar-refractivity contribution in [3.8, 4) is 0 Å². The summed E-state index contributed by atoms with van der Waals surface area (Å²) in [4.78, 5) is 2.73. The molecule has 1 fully saturated rings. The lowest BCUT2D eigenvalue weighted by atomic mass is 9.97. The molecule has 1 N–H and O–H groups in total. The normalized spacial score (nSPS) is 17.8. The Morgan fingerprint density at radius 1 is 0.941 bits per heavy atom. The third-order valence-corrected chi connectivity index (χ3v) is 3.88. The zero-order valence-corrected chi connectivity index (χ0v) is 12.0. The molecule has 2 heteroatoms. The highest BCUT2D eigenvalue weighted by molar-refractivity contribution is 4.72. The maximum atomic E-state index is 3.46. The first-order valence-corrected chi connectivity index (χ1v) is 7.79. The molecule has 0 amide bonds. The van der Waals surface area contributed by atoms with Crippen molar-refractivity contribution >= 4 is 0 Å². The second kappa shape index (κ2) is 9.90. The summed E-state index contributed by atoms with van der Waals surface area (Å²) in [7, 11) is 0. The minimum Gasteiger partial charge on any atom is -0.317 e. The van der Waals surface area contributed by atoms with E-state index in [0.29, 0.717) is 0 Å². The molecule has 0 aliphatic carbocycles. The molecule has 1 saturated heterocycles. The molecule has 0 saturated carbocycles. The van der Waals surface area contributed by atoms with Gasteiger partial charge in [0.1, 0.15) is 0 Å². The van der Waals surface area contributed by atoms with Crippen LogP contribution in [-0.2, 0) is 0 Å². The Kier molecular flexibility index (Phi) is 8.72. The molecule has 1 aliphatic heterocycles. The smallest absolute Gasteiger partial charge is 0.00106 e. The van der Waals surface area contributed by atoms with Gasteiger partial charge in [-0.1, -0.05) is 33.1 Å². The second-order valence-corrected chi connectivity index (χ2v) is 5.55. The largest absolute Gasteiger partial charge is 0.317 e. The van der Waals surface area contributed by atoms with Gasteiger partial charge in [0.15, 0.2) is 0 Å². The summed E-state index contributed by atoms with van der Waals surface area (Å²) >= 11 is 0. The highest BCUT2D eigenvalue weighted by Crippen LogP contribution is 2.14. The summed E-state index contributed by atoms with van der Waals surface area (Å²) in [5.41, 5.74) is 0. The molecular formula is C15H32N2. The molecule has 0 aromatic rings. The zero-order chi connectivity index (χ0) is 12.3. The van der Waals surface area contributed by atoms with Gasteiger partial charge in [0.2, 0.25) is 0 Å². The van der Waals surface area contributed by atoms with Crippen LogP contribution in [0.1, 0.15) is 58.8 Å². The molecule has 0 atom stereocenters. The first-order chi connectivity index (χ1) is 8.36. The van der Waals surface area contributed by atoms with Crippen LogP contribution in [0.4, 0.5) is 0 Å². The first kappa shape index (κ1) is 15.0. The van der Waals surface area contributed by atoms with Gasteiger partial charge in [0, 0.05) is 6.54 Å². The van der Waals surface area contributed by atoms with Crippen molar-refractivity contribution in [2.45, 2.75) is 58.8 Å². The van der Waals surface area contributed by atoms with Crippen LogP contribution in [0.2, 0.25) is 0 Å². The Hall–Kier alpha value is -0.0800. The fourth-order valence-electron chi connectivity index (χ4n) is 2.69. The molecule has 1 rings (SSSR count). The van der Waals surface area contributed by atoms with Crippen molar-refractivity contribution in [2.75, 3.05) is 32.7 Å². The molecule has 0 aromatic carbocycles. The summed E-state index contributed by atoms with van der Waals surface area (Å²) in [6.07, 6.45) is 9.61. The van der Waals surface area contributed by atoms with Crippen LogP contribution in [0.3, 0.4) is 0 Å². The van der Waals surface area contributed by atoms with Gasteiger partial charge in [0.05, 0.1) is 0 Å². The Balaban J connectivity index is 2.22. The van der Waals surface area contributed by atoms with Crippen LogP contribution in [0, 0.1) is 5.92 Å². The lowest BCUT2D eigenvalue weighted by Gasteiger charge is -2.30. The average molecular weight is 240 g/mol. The molecule has 0 spiro atoms. The first-order valence-electron chi connectivity index (χ1n) is 7.79. The molecule has 0 bridgehead atoms. The van der Waals surface area contributed by atoms with E-state index in [1.165, 1.54) is 77.7 Å². The Morgan fingerprint density at radius 2 is 1.59 bits per heavy atom. The van der Waals surface area contributed by atoms with Gasteiger partial charge in [-0.25, -0.2) is 0 Å². The van der Waals surface area contributed by atoms with Crippen molar-refractivity contribution < 1.29 is 0 Å². The monoisotopic (exact) mass is 240 g/mol. The lowest BCUT2D eigenvalue weighted by Crippen LogP contribution is -2.37. The standard InChI is InChI=1S/C15H32N2/c1-3-5-7-13-17(12-6-4-2)14-15-8-10-16-11-9-15/h15-16H,3-14H2,1-2H3. The van der Waals surface area contributed by atoms with Gasteiger partial charge >= 0.3 is 0 Å². The summed E-state index contributed by atoms with van der Waals surface area (Å²) < 4.78 is 0. The minimum absolute atomic E-state index is 0.953. The van der Waals surface area contributed by atoms with Crippen molar-refractivity contribution in [3.05, 3.63) is 0 Å². The van der Waals surface area contributed by atoms with E-state index >= 15 is 0 Å². The number of nitrogens with zero attached hydrogens (tertiary/aromatic N) is 1. The van der Waals surface area contributed by atoms with Crippen molar-refractivity contribution in [1.29, 1.82) is 0 Å². The van der Waals surface area contributed by atoms with E-state index in [2.05, 4.69) is 24.1 Å². The molecule has 0 radical (unpaired) electrons. The van der Waals surface area contributed by atoms with E-state index in [1.807, 2.05) is 0 Å². The lowest BCUT2D eigenvalue weighted by molar-refractivity contribution is 0.200. The highest BCUT2D eigenvalue weighted by Gasteiger charge is 2.16. The number of hydrogen-bond acceptors (Lipinski definition) is 2. The van der Waals surface area contributed by atoms with Gasteiger partial charge in [-0.15, -0.1) is 0 Å². The van der Waals surface area contributed by atoms with E-state index in [-0.39, 0.29) is 0 Å². The molecule has 0 unspecified atom stereocenters. The van der Waals surface area contributed by atoms with Crippen molar-refractivity contribution in [3.63, 3.8) is 0 Å². The number of piperidine rings is 1. The van der Waals surface area contributed by atoms with Crippen LogP contribution < -0.4 is 5.32 Å². The van der Waals surface area contributed by atoms with Gasteiger partial charge in [0.25, 0.3) is 0 Å². The van der Waals surface area contributed by atoms with E-state index < -0.39 is 0 Å². The van der Waals surface area contributed by atoms with Crippen LogP contribution in [0.5, 0.6) is 0 Å². The molecular weight excluding hydrogens is 208 g/mol. The second-order valence-electron chi connectivity index (χ2n) is 5.55. The predicted octanol–water partition coefficient (Wildman–Crippen LogP) is 3.28. The predicted molar refractivity (Wildman–Crippen MR) is 76.5 cm³/mol. The maximum absolute atomic E-state index is 3.46. The van der Waals surface area contributed by atoms with Gasteiger partial charge in [-0.3, -0.25) is 0 Å².